The lowest BCUT2D eigenvalue weighted by atomic mass is 10.2. The Bertz CT molecular complexity index is 1120. The second-order valence-corrected chi connectivity index (χ2v) is 12.0. The summed E-state index contributed by atoms with van der Waals surface area (Å²) >= 11 is 1.35. The molecule has 4 rings (SSSR count). The molecule has 11 heteroatoms. The summed E-state index contributed by atoms with van der Waals surface area (Å²) in [7, 11) is 0. The highest BCUT2D eigenvalue weighted by Gasteiger charge is 2.23. The quantitative estimate of drug-likeness (QED) is 0.386. The molecule has 4 amide bonds. The predicted molar refractivity (Wildman–Crippen MR) is 153 cm³/mol. The van der Waals surface area contributed by atoms with Gasteiger partial charge in [-0.15, -0.1) is 11.3 Å². The summed E-state index contributed by atoms with van der Waals surface area (Å²) in [4.78, 5) is 46.7. The molecule has 10 nitrogen and oxygen atoms in total. The number of likely N-dealkylation sites (tertiary alicyclic amines) is 1. The first-order valence-electron chi connectivity index (χ1n) is 13.8. The second-order valence-electron chi connectivity index (χ2n) is 11.2. The van der Waals surface area contributed by atoms with Gasteiger partial charge in [0, 0.05) is 42.6 Å². The molecule has 2 aromatic rings. The molecule has 0 spiro atoms. The van der Waals surface area contributed by atoms with Crippen LogP contribution >= 0.6 is 11.3 Å². The number of carbonyl (C=O) groups is 3. The van der Waals surface area contributed by atoms with Gasteiger partial charge in [0.05, 0.1) is 11.4 Å². The summed E-state index contributed by atoms with van der Waals surface area (Å²) in [6.07, 6.45) is 7.88. The maximum absolute atomic E-state index is 13.1. The van der Waals surface area contributed by atoms with E-state index < -0.39 is 17.6 Å². The van der Waals surface area contributed by atoms with Crippen LogP contribution < -0.4 is 16.0 Å². The molecule has 2 aromatic heterocycles. The fourth-order valence-corrected chi connectivity index (χ4v) is 5.53. The van der Waals surface area contributed by atoms with Crippen LogP contribution in [0.1, 0.15) is 75.3 Å². The van der Waals surface area contributed by atoms with Crippen molar-refractivity contribution in [2.75, 3.05) is 36.8 Å². The molecule has 1 saturated carbocycles. The van der Waals surface area contributed by atoms with Crippen molar-refractivity contribution in [3.63, 3.8) is 0 Å². The van der Waals surface area contributed by atoms with Crippen molar-refractivity contribution in [3.8, 4) is 0 Å². The van der Waals surface area contributed by atoms with E-state index >= 15 is 0 Å². The number of amides is 4. The number of ether oxygens (including phenoxy) is 1. The third-order valence-electron chi connectivity index (χ3n) is 6.83. The molecule has 3 heterocycles. The summed E-state index contributed by atoms with van der Waals surface area (Å²) in [5, 5.41) is 12.1. The van der Waals surface area contributed by atoms with Crippen molar-refractivity contribution in [1.82, 2.24) is 20.1 Å². The summed E-state index contributed by atoms with van der Waals surface area (Å²) in [6.45, 7) is 9.45. The van der Waals surface area contributed by atoms with Crippen LogP contribution in [0, 0.1) is 0 Å². The zero-order valence-corrected chi connectivity index (χ0v) is 23.9. The number of hydrogen-bond donors (Lipinski definition) is 3. The molecule has 2 fully saturated rings. The standard InChI is InChI=1S/C28H40N6O4S/c1-28(2,3)38-27(37)32-24-19-39-18-23(24)31-25(35)22-11-10-20(16-29-22)17-34(15-14-33-12-6-7-13-33)26(36)30-21-8-4-5-9-21/h10-11,16,18-19,21H,4-9,12-15,17H2,1-3H3,(H,30,36)(H,31,35)(H,32,37). The Balaban J connectivity index is 1.35. The van der Waals surface area contributed by atoms with Crippen LogP contribution in [-0.2, 0) is 11.3 Å². The molecule has 1 saturated heterocycles. The number of nitrogens with one attached hydrogen (secondary N) is 3. The maximum Gasteiger partial charge on any atom is 0.412 e. The van der Waals surface area contributed by atoms with Gasteiger partial charge in [-0.05, 0) is 71.2 Å². The average molecular weight is 557 g/mol. The summed E-state index contributed by atoms with van der Waals surface area (Å²) < 4.78 is 5.29. The minimum atomic E-state index is -0.629. The Morgan fingerprint density at radius 1 is 1.05 bits per heavy atom. The minimum absolute atomic E-state index is 0.0367. The van der Waals surface area contributed by atoms with Crippen LogP contribution in [0.25, 0.3) is 0 Å². The van der Waals surface area contributed by atoms with E-state index in [-0.39, 0.29) is 17.8 Å². The number of nitrogens with zero attached hydrogens (tertiary/aromatic N) is 3. The summed E-state index contributed by atoms with van der Waals surface area (Å²) in [6, 6.07) is 3.71. The average Bonchev–Trinajstić information content (AvgIpc) is 3.65. The zero-order chi connectivity index (χ0) is 27.8. The lowest BCUT2D eigenvalue weighted by Crippen LogP contribution is -2.46. The van der Waals surface area contributed by atoms with Crippen LogP contribution in [0.15, 0.2) is 29.1 Å². The van der Waals surface area contributed by atoms with Crippen molar-refractivity contribution in [2.24, 2.45) is 0 Å². The van der Waals surface area contributed by atoms with E-state index in [9.17, 15) is 14.4 Å². The van der Waals surface area contributed by atoms with E-state index in [4.69, 9.17) is 4.74 Å². The molecule has 3 N–H and O–H groups in total. The Hall–Kier alpha value is -3.18. The van der Waals surface area contributed by atoms with Crippen LogP contribution in [0.4, 0.5) is 21.0 Å². The Labute approximate surface area is 234 Å². The Morgan fingerprint density at radius 2 is 1.74 bits per heavy atom. The second kappa shape index (κ2) is 13.3. The van der Waals surface area contributed by atoms with Gasteiger partial charge in [-0.3, -0.25) is 15.1 Å². The molecule has 0 bridgehead atoms. The van der Waals surface area contributed by atoms with Gasteiger partial charge in [-0.2, -0.15) is 0 Å². The first-order chi connectivity index (χ1) is 18.7. The van der Waals surface area contributed by atoms with Crippen molar-refractivity contribution < 1.29 is 19.1 Å². The molecule has 1 aliphatic heterocycles. The Kier molecular flexibility index (Phi) is 9.79. The molecule has 39 heavy (non-hydrogen) atoms. The number of urea groups is 1. The lowest BCUT2D eigenvalue weighted by Gasteiger charge is -2.27. The first-order valence-corrected chi connectivity index (χ1v) is 14.7. The monoisotopic (exact) mass is 556 g/mol. The smallest absolute Gasteiger partial charge is 0.412 e. The van der Waals surface area contributed by atoms with Gasteiger partial charge in [-0.1, -0.05) is 18.9 Å². The maximum atomic E-state index is 13.1. The number of pyridine rings is 1. The van der Waals surface area contributed by atoms with E-state index in [1.165, 1.54) is 24.2 Å². The molecule has 0 atom stereocenters. The first kappa shape index (κ1) is 28.8. The van der Waals surface area contributed by atoms with Crippen molar-refractivity contribution in [2.45, 2.75) is 77.5 Å². The van der Waals surface area contributed by atoms with Gasteiger partial charge >= 0.3 is 12.1 Å². The highest BCUT2D eigenvalue weighted by molar-refractivity contribution is 7.09. The largest absolute Gasteiger partial charge is 0.444 e. The topological polar surface area (TPSA) is 116 Å². The molecular weight excluding hydrogens is 516 g/mol. The number of anilines is 2. The van der Waals surface area contributed by atoms with Crippen LogP contribution in [0.5, 0.6) is 0 Å². The van der Waals surface area contributed by atoms with Crippen LogP contribution in [0.2, 0.25) is 0 Å². The van der Waals surface area contributed by atoms with Crippen molar-refractivity contribution in [3.05, 3.63) is 40.3 Å². The van der Waals surface area contributed by atoms with Gasteiger partial charge in [-0.25, -0.2) is 9.59 Å². The fraction of sp³-hybridized carbons (Fsp3) is 0.571. The van der Waals surface area contributed by atoms with E-state index in [0.29, 0.717) is 24.5 Å². The number of thiophene rings is 1. The highest BCUT2D eigenvalue weighted by atomic mass is 32.1. The van der Waals surface area contributed by atoms with E-state index in [1.807, 2.05) is 11.0 Å². The van der Waals surface area contributed by atoms with E-state index in [0.717, 1.165) is 50.9 Å². The van der Waals surface area contributed by atoms with Crippen LogP contribution in [0.3, 0.4) is 0 Å². The van der Waals surface area contributed by atoms with Crippen molar-refractivity contribution >= 4 is 40.7 Å². The van der Waals surface area contributed by atoms with E-state index in [1.54, 1.807) is 43.8 Å². The zero-order valence-electron chi connectivity index (χ0n) is 23.1. The number of hydrogen-bond acceptors (Lipinski definition) is 7. The third-order valence-corrected chi connectivity index (χ3v) is 7.57. The summed E-state index contributed by atoms with van der Waals surface area (Å²) in [5.41, 5.74) is 1.40. The molecule has 0 radical (unpaired) electrons. The minimum Gasteiger partial charge on any atom is -0.444 e. The van der Waals surface area contributed by atoms with E-state index in [2.05, 4.69) is 25.8 Å². The highest BCUT2D eigenvalue weighted by Crippen LogP contribution is 2.27. The SMILES string of the molecule is CC(C)(C)OC(=O)Nc1cscc1NC(=O)c1ccc(CN(CCN2CCCC2)C(=O)NC2CCCC2)cn1. The molecule has 212 valence electrons. The van der Waals surface area contributed by atoms with Crippen molar-refractivity contribution in [1.29, 1.82) is 0 Å². The Morgan fingerprint density at radius 3 is 2.38 bits per heavy atom. The van der Waals surface area contributed by atoms with Gasteiger partial charge in [0.15, 0.2) is 0 Å². The molecule has 2 aliphatic rings. The molecule has 0 unspecified atom stereocenters. The summed E-state index contributed by atoms with van der Waals surface area (Å²) in [5.74, 6) is -0.392. The lowest BCUT2D eigenvalue weighted by molar-refractivity contribution is 0.0635. The predicted octanol–water partition coefficient (Wildman–Crippen LogP) is 5.29. The number of rotatable bonds is 9. The van der Waals surface area contributed by atoms with Gasteiger partial charge in [0.1, 0.15) is 11.3 Å². The van der Waals surface area contributed by atoms with Gasteiger partial charge in [0.2, 0.25) is 0 Å². The molecule has 0 aromatic carbocycles. The molecule has 1 aliphatic carbocycles. The normalized spacial score (nSPS) is 16.2. The number of aromatic nitrogens is 1. The van der Waals surface area contributed by atoms with Crippen LogP contribution in [-0.4, -0.2) is 70.6 Å². The fourth-order valence-electron chi connectivity index (χ4n) is 4.82. The molecular formula is C28H40N6O4S. The number of carbonyl (C=O) groups excluding carboxylic acids is 3. The third kappa shape index (κ3) is 8.93. The van der Waals surface area contributed by atoms with Gasteiger partial charge < -0.3 is 25.2 Å². The van der Waals surface area contributed by atoms with Gasteiger partial charge in [0.25, 0.3) is 5.91 Å².